The number of hydrogen-bond acceptors (Lipinski definition) is 4. The van der Waals surface area contributed by atoms with Crippen molar-refractivity contribution in [3.8, 4) is 0 Å². The molecule has 0 saturated carbocycles. The highest BCUT2D eigenvalue weighted by atomic mass is 32.1. The zero-order valence-corrected chi connectivity index (χ0v) is 10.0. The van der Waals surface area contributed by atoms with Crippen LogP contribution in [0.3, 0.4) is 0 Å². The van der Waals surface area contributed by atoms with Crippen molar-refractivity contribution in [2.45, 2.75) is 39.2 Å². The fourth-order valence-electron chi connectivity index (χ4n) is 1.36. The van der Waals surface area contributed by atoms with Gasteiger partial charge in [0.2, 0.25) is 0 Å². The van der Waals surface area contributed by atoms with Gasteiger partial charge >= 0.3 is 5.97 Å². The predicted octanol–water partition coefficient (Wildman–Crippen LogP) is 2.12. The van der Waals surface area contributed by atoms with Gasteiger partial charge in [-0.1, -0.05) is 13.8 Å². The molecule has 3 N–H and O–H groups in total. The van der Waals surface area contributed by atoms with Gasteiger partial charge in [-0.15, -0.1) is 11.3 Å². The Hall–Kier alpha value is -0.940. The van der Waals surface area contributed by atoms with E-state index >= 15 is 0 Å². The van der Waals surface area contributed by atoms with Crippen molar-refractivity contribution < 1.29 is 9.90 Å². The van der Waals surface area contributed by atoms with Gasteiger partial charge in [-0.25, -0.2) is 9.78 Å². The Labute approximate surface area is 93.1 Å². The first kappa shape index (κ1) is 12.1. The average Bonchev–Trinajstić information content (AvgIpc) is 2.59. The number of thiazole rings is 1. The molecule has 1 rings (SSSR count). The van der Waals surface area contributed by atoms with E-state index in [-0.39, 0.29) is 5.69 Å². The lowest BCUT2D eigenvalue weighted by Crippen LogP contribution is -2.35. The van der Waals surface area contributed by atoms with Crippen molar-refractivity contribution in [3.05, 3.63) is 15.6 Å². The average molecular weight is 228 g/mol. The van der Waals surface area contributed by atoms with E-state index in [2.05, 4.69) is 4.98 Å². The summed E-state index contributed by atoms with van der Waals surface area (Å²) < 4.78 is 0. The highest BCUT2D eigenvalue weighted by molar-refractivity contribution is 7.12. The second-order valence-electron chi connectivity index (χ2n) is 3.59. The van der Waals surface area contributed by atoms with Crippen LogP contribution in [0, 0.1) is 6.92 Å². The maximum Gasteiger partial charge on any atom is 0.355 e. The number of carboxylic acid groups (broad SMARTS) is 1. The summed E-state index contributed by atoms with van der Waals surface area (Å²) in [6, 6.07) is 0. The molecule has 4 nitrogen and oxygen atoms in total. The zero-order valence-electron chi connectivity index (χ0n) is 9.20. The van der Waals surface area contributed by atoms with Crippen LogP contribution >= 0.6 is 11.3 Å². The molecule has 1 aromatic heterocycles. The molecule has 15 heavy (non-hydrogen) atoms. The molecule has 0 aliphatic heterocycles. The molecule has 1 heterocycles. The Kier molecular flexibility index (Phi) is 3.46. The van der Waals surface area contributed by atoms with Gasteiger partial charge in [-0.05, 0) is 19.8 Å². The molecule has 0 bridgehead atoms. The number of aryl methyl sites for hydroxylation is 1. The Bertz CT molecular complexity index is 369. The van der Waals surface area contributed by atoms with Gasteiger partial charge in [0.25, 0.3) is 0 Å². The van der Waals surface area contributed by atoms with Crippen LogP contribution in [0.25, 0.3) is 0 Å². The van der Waals surface area contributed by atoms with Crippen LogP contribution in [-0.4, -0.2) is 16.1 Å². The van der Waals surface area contributed by atoms with Crippen LogP contribution in [0.2, 0.25) is 0 Å². The summed E-state index contributed by atoms with van der Waals surface area (Å²) in [6.45, 7) is 5.73. The Morgan fingerprint density at radius 3 is 2.40 bits per heavy atom. The van der Waals surface area contributed by atoms with Gasteiger partial charge in [-0.3, -0.25) is 0 Å². The Balaban J connectivity index is 3.17. The highest BCUT2D eigenvalue weighted by Gasteiger charge is 2.28. The lowest BCUT2D eigenvalue weighted by molar-refractivity contribution is 0.0690. The topological polar surface area (TPSA) is 76.2 Å². The number of hydrogen-bond donors (Lipinski definition) is 2. The van der Waals surface area contributed by atoms with E-state index in [1.165, 1.54) is 11.3 Å². The summed E-state index contributed by atoms with van der Waals surface area (Å²) >= 11 is 1.38. The van der Waals surface area contributed by atoms with E-state index in [0.29, 0.717) is 4.88 Å². The number of aromatic nitrogens is 1. The third-order valence-corrected chi connectivity index (χ3v) is 3.88. The number of aromatic carboxylic acids is 1. The molecule has 0 saturated heterocycles. The third kappa shape index (κ3) is 2.18. The minimum Gasteiger partial charge on any atom is -0.476 e. The van der Waals surface area contributed by atoms with Crippen molar-refractivity contribution in [3.63, 3.8) is 0 Å². The van der Waals surface area contributed by atoms with Crippen LogP contribution in [0.1, 0.15) is 47.1 Å². The van der Waals surface area contributed by atoms with E-state index in [0.717, 1.165) is 17.8 Å². The van der Waals surface area contributed by atoms with E-state index in [1.807, 2.05) is 13.8 Å². The number of nitrogens with zero attached hydrogens (tertiary/aromatic N) is 1. The van der Waals surface area contributed by atoms with Crippen LogP contribution in [0.4, 0.5) is 0 Å². The van der Waals surface area contributed by atoms with Crippen LogP contribution in [0.5, 0.6) is 0 Å². The normalized spacial score (nSPS) is 11.7. The predicted molar refractivity (Wildman–Crippen MR) is 60.3 cm³/mol. The summed E-state index contributed by atoms with van der Waals surface area (Å²) in [7, 11) is 0. The van der Waals surface area contributed by atoms with E-state index in [1.54, 1.807) is 6.92 Å². The molecule has 0 aromatic carbocycles. The molecule has 0 unspecified atom stereocenters. The fraction of sp³-hybridized carbons (Fsp3) is 0.600. The molecule has 0 radical (unpaired) electrons. The van der Waals surface area contributed by atoms with E-state index < -0.39 is 11.5 Å². The quantitative estimate of drug-likeness (QED) is 0.827. The van der Waals surface area contributed by atoms with Gasteiger partial charge in [0.1, 0.15) is 5.01 Å². The first-order valence-corrected chi connectivity index (χ1v) is 5.76. The van der Waals surface area contributed by atoms with Crippen molar-refractivity contribution in [1.29, 1.82) is 0 Å². The van der Waals surface area contributed by atoms with Gasteiger partial charge in [0.15, 0.2) is 5.69 Å². The first-order valence-electron chi connectivity index (χ1n) is 4.94. The number of carboxylic acids is 1. The minimum atomic E-state index is -0.982. The SMILES string of the molecule is CCC(N)(CC)c1nc(C(=O)O)c(C)s1. The molecule has 0 amide bonds. The molecular weight excluding hydrogens is 212 g/mol. The Morgan fingerprint density at radius 2 is 2.07 bits per heavy atom. The molecule has 1 aromatic rings. The van der Waals surface area contributed by atoms with Crippen molar-refractivity contribution in [1.82, 2.24) is 4.98 Å². The molecule has 0 aliphatic carbocycles. The minimum absolute atomic E-state index is 0.131. The molecule has 0 fully saturated rings. The maximum absolute atomic E-state index is 10.8. The molecule has 0 aliphatic rings. The van der Waals surface area contributed by atoms with Crippen molar-refractivity contribution >= 4 is 17.3 Å². The maximum atomic E-state index is 10.8. The number of nitrogens with two attached hydrogens (primary N) is 1. The number of carbonyl (C=O) groups is 1. The van der Waals surface area contributed by atoms with Crippen LogP contribution < -0.4 is 5.73 Å². The lowest BCUT2D eigenvalue weighted by atomic mass is 9.95. The summed E-state index contributed by atoms with van der Waals surface area (Å²) in [5.74, 6) is -0.982. The fourth-order valence-corrected chi connectivity index (χ4v) is 2.51. The third-order valence-electron chi connectivity index (χ3n) is 2.69. The second kappa shape index (κ2) is 4.28. The van der Waals surface area contributed by atoms with Crippen LogP contribution in [0.15, 0.2) is 0 Å². The van der Waals surface area contributed by atoms with Gasteiger partial charge in [0, 0.05) is 4.88 Å². The van der Waals surface area contributed by atoms with Gasteiger partial charge < -0.3 is 10.8 Å². The number of rotatable bonds is 4. The molecule has 0 atom stereocenters. The first-order chi connectivity index (χ1) is 6.94. The van der Waals surface area contributed by atoms with Crippen molar-refractivity contribution in [2.24, 2.45) is 5.73 Å². The monoisotopic (exact) mass is 228 g/mol. The highest BCUT2D eigenvalue weighted by Crippen LogP contribution is 2.30. The molecule has 84 valence electrons. The molecular formula is C10H16N2O2S. The standard InChI is InChI=1S/C10H16N2O2S/c1-4-10(11,5-2)9-12-7(8(13)14)6(3)15-9/h4-5,11H2,1-3H3,(H,13,14). The second-order valence-corrected chi connectivity index (χ2v) is 4.80. The summed E-state index contributed by atoms with van der Waals surface area (Å²) in [5, 5.41) is 9.62. The molecule has 5 heteroatoms. The van der Waals surface area contributed by atoms with E-state index in [9.17, 15) is 4.79 Å². The zero-order chi connectivity index (χ0) is 11.6. The largest absolute Gasteiger partial charge is 0.476 e. The van der Waals surface area contributed by atoms with Crippen LogP contribution in [-0.2, 0) is 5.54 Å². The lowest BCUT2D eigenvalue weighted by Gasteiger charge is -2.23. The Morgan fingerprint density at radius 1 is 1.53 bits per heavy atom. The van der Waals surface area contributed by atoms with Crippen molar-refractivity contribution in [2.75, 3.05) is 0 Å². The summed E-state index contributed by atoms with van der Waals surface area (Å²) in [5.41, 5.74) is 5.80. The van der Waals surface area contributed by atoms with E-state index in [4.69, 9.17) is 10.8 Å². The van der Waals surface area contributed by atoms with Gasteiger partial charge in [-0.2, -0.15) is 0 Å². The smallest absolute Gasteiger partial charge is 0.355 e. The summed E-state index contributed by atoms with van der Waals surface area (Å²) in [6.07, 6.45) is 1.52. The van der Waals surface area contributed by atoms with Gasteiger partial charge in [0.05, 0.1) is 5.54 Å². The summed E-state index contributed by atoms with van der Waals surface area (Å²) in [4.78, 5) is 15.7. The molecule has 0 spiro atoms.